The number of pyridine rings is 1. The van der Waals surface area contributed by atoms with Gasteiger partial charge in [0.2, 0.25) is 5.82 Å². The van der Waals surface area contributed by atoms with Gasteiger partial charge >= 0.3 is 6.18 Å². The molecule has 2 heterocycles. The lowest BCUT2D eigenvalue weighted by Gasteiger charge is -2.11. The van der Waals surface area contributed by atoms with Gasteiger partial charge in [-0.15, -0.1) is 0 Å². The quantitative estimate of drug-likeness (QED) is 0.717. The summed E-state index contributed by atoms with van der Waals surface area (Å²) in [6, 6.07) is 10.4. The molecular weight excluding hydrogens is 267 g/mol. The second kappa shape index (κ2) is 4.63. The summed E-state index contributed by atoms with van der Waals surface area (Å²) in [6.45, 7) is 0.109. The normalized spacial score (nSPS) is 11.9. The molecule has 0 saturated heterocycles. The Bertz CT molecular complexity index is 732. The van der Waals surface area contributed by atoms with E-state index in [0.717, 1.165) is 10.1 Å². The Morgan fingerprint density at radius 2 is 1.80 bits per heavy atom. The molecule has 6 heteroatoms. The minimum absolute atomic E-state index is 0.109. The molecule has 3 rings (SSSR count). The maximum Gasteiger partial charge on any atom is 0.449 e. The second-order valence-electron chi connectivity index (χ2n) is 4.37. The Morgan fingerprint density at radius 1 is 1.05 bits per heavy atom. The van der Waals surface area contributed by atoms with E-state index in [-0.39, 0.29) is 6.54 Å². The predicted octanol–water partition coefficient (Wildman–Crippen LogP) is 3.50. The molecule has 0 N–H and O–H groups in total. The average molecular weight is 277 g/mol. The van der Waals surface area contributed by atoms with Gasteiger partial charge in [-0.1, -0.05) is 30.3 Å². The first-order valence-electron chi connectivity index (χ1n) is 5.97. The zero-order valence-electron chi connectivity index (χ0n) is 10.3. The Labute approximate surface area is 112 Å². The first-order chi connectivity index (χ1) is 9.55. The van der Waals surface area contributed by atoms with E-state index in [1.54, 1.807) is 24.3 Å². The molecule has 0 spiro atoms. The molecule has 2 aromatic heterocycles. The summed E-state index contributed by atoms with van der Waals surface area (Å²) in [5, 5.41) is 0. The van der Waals surface area contributed by atoms with Crippen LogP contribution < -0.4 is 0 Å². The number of imidazole rings is 1. The van der Waals surface area contributed by atoms with Gasteiger partial charge in [-0.2, -0.15) is 13.2 Å². The van der Waals surface area contributed by atoms with E-state index in [2.05, 4.69) is 9.97 Å². The van der Waals surface area contributed by atoms with Crippen LogP contribution >= 0.6 is 0 Å². The van der Waals surface area contributed by atoms with Crippen molar-refractivity contribution >= 4 is 11.0 Å². The molecule has 0 fully saturated rings. The van der Waals surface area contributed by atoms with E-state index in [4.69, 9.17) is 0 Å². The van der Waals surface area contributed by atoms with Gasteiger partial charge in [0.1, 0.15) is 0 Å². The summed E-state index contributed by atoms with van der Waals surface area (Å²) in [6.07, 6.45) is -1.66. The number of benzene rings is 1. The number of nitrogens with zero attached hydrogens (tertiary/aromatic N) is 3. The number of rotatable bonds is 2. The third kappa shape index (κ3) is 2.24. The molecule has 0 aliphatic heterocycles. The largest absolute Gasteiger partial charge is 0.449 e. The van der Waals surface area contributed by atoms with E-state index < -0.39 is 12.0 Å². The monoisotopic (exact) mass is 277 g/mol. The van der Waals surface area contributed by atoms with Gasteiger partial charge in [-0.3, -0.25) is 4.98 Å². The summed E-state index contributed by atoms with van der Waals surface area (Å²) in [5.74, 6) is -0.899. The van der Waals surface area contributed by atoms with Crippen LogP contribution in [0.4, 0.5) is 13.2 Å². The van der Waals surface area contributed by atoms with Gasteiger partial charge in [0, 0.05) is 12.7 Å². The molecule has 3 nitrogen and oxygen atoms in total. The summed E-state index contributed by atoms with van der Waals surface area (Å²) in [4.78, 5) is 7.56. The van der Waals surface area contributed by atoms with Gasteiger partial charge in [0.25, 0.3) is 0 Å². The topological polar surface area (TPSA) is 30.7 Å². The third-order valence-corrected chi connectivity index (χ3v) is 2.99. The van der Waals surface area contributed by atoms with Crippen LogP contribution in [0.2, 0.25) is 0 Å². The Balaban J connectivity index is 2.16. The number of hydrogen-bond donors (Lipinski definition) is 0. The number of alkyl halides is 3. The van der Waals surface area contributed by atoms with Crippen LogP contribution in [0.3, 0.4) is 0 Å². The zero-order chi connectivity index (χ0) is 14.2. The molecule has 20 heavy (non-hydrogen) atoms. The molecule has 102 valence electrons. The molecule has 0 bridgehead atoms. The Morgan fingerprint density at radius 3 is 2.50 bits per heavy atom. The SMILES string of the molecule is FC(F)(F)c1nc2ccncc2n1Cc1ccccc1. The van der Waals surface area contributed by atoms with Crippen molar-refractivity contribution in [2.45, 2.75) is 12.7 Å². The highest BCUT2D eigenvalue weighted by Crippen LogP contribution is 2.31. The fourth-order valence-electron chi connectivity index (χ4n) is 2.11. The predicted molar refractivity (Wildman–Crippen MR) is 68.1 cm³/mol. The van der Waals surface area contributed by atoms with Gasteiger partial charge in [-0.05, 0) is 11.6 Å². The van der Waals surface area contributed by atoms with Gasteiger partial charge in [0.05, 0.1) is 17.2 Å². The van der Waals surface area contributed by atoms with Crippen molar-refractivity contribution in [1.82, 2.24) is 14.5 Å². The minimum atomic E-state index is -4.49. The lowest BCUT2D eigenvalue weighted by atomic mass is 10.2. The van der Waals surface area contributed by atoms with Crippen LogP contribution in [-0.4, -0.2) is 14.5 Å². The molecule has 1 aromatic carbocycles. The number of hydrogen-bond acceptors (Lipinski definition) is 2. The highest BCUT2D eigenvalue weighted by atomic mass is 19.4. The van der Waals surface area contributed by atoms with Crippen molar-refractivity contribution in [2.24, 2.45) is 0 Å². The number of fused-ring (bicyclic) bond motifs is 1. The van der Waals surface area contributed by atoms with Crippen LogP contribution in [-0.2, 0) is 12.7 Å². The summed E-state index contributed by atoms with van der Waals surface area (Å²) in [5.41, 5.74) is 1.45. The van der Waals surface area contributed by atoms with Gasteiger partial charge < -0.3 is 4.57 Å². The maximum absolute atomic E-state index is 13.1. The maximum atomic E-state index is 13.1. The van der Waals surface area contributed by atoms with E-state index in [0.29, 0.717) is 11.0 Å². The van der Waals surface area contributed by atoms with E-state index in [1.165, 1.54) is 18.5 Å². The van der Waals surface area contributed by atoms with Crippen molar-refractivity contribution in [3.8, 4) is 0 Å². The molecule has 3 aromatic rings. The average Bonchev–Trinajstić information content (AvgIpc) is 2.79. The Hall–Kier alpha value is -2.37. The molecule has 0 saturated carbocycles. The number of halogens is 3. The van der Waals surface area contributed by atoms with Crippen molar-refractivity contribution in [3.05, 3.63) is 60.2 Å². The van der Waals surface area contributed by atoms with Gasteiger partial charge in [0.15, 0.2) is 0 Å². The van der Waals surface area contributed by atoms with Crippen molar-refractivity contribution < 1.29 is 13.2 Å². The lowest BCUT2D eigenvalue weighted by molar-refractivity contribution is -0.146. The molecule has 0 unspecified atom stereocenters. The molecular formula is C14H10F3N3. The van der Waals surface area contributed by atoms with Crippen molar-refractivity contribution in [1.29, 1.82) is 0 Å². The van der Waals surface area contributed by atoms with Crippen LogP contribution in [0.15, 0.2) is 48.8 Å². The Kier molecular flexibility index (Phi) is 2.93. The standard InChI is InChI=1S/C14H10F3N3/c15-14(16,17)13-19-11-6-7-18-8-12(11)20(13)9-10-4-2-1-3-5-10/h1-8H,9H2. The van der Waals surface area contributed by atoms with Crippen LogP contribution in [0.5, 0.6) is 0 Å². The first-order valence-corrected chi connectivity index (χ1v) is 5.97. The highest BCUT2D eigenvalue weighted by molar-refractivity contribution is 5.75. The van der Waals surface area contributed by atoms with Crippen LogP contribution in [0.1, 0.15) is 11.4 Å². The van der Waals surface area contributed by atoms with E-state index in [9.17, 15) is 13.2 Å². The summed E-state index contributed by atoms with van der Waals surface area (Å²) >= 11 is 0. The number of aromatic nitrogens is 3. The fraction of sp³-hybridized carbons (Fsp3) is 0.143. The van der Waals surface area contributed by atoms with E-state index >= 15 is 0 Å². The highest BCUT2D eigenvalue weighted by Gasteiger charge is 2.37. The van der Waals surface area contributed by atoms with Gasteiger partial charge in [-0.25, -0.2) is 4.98 Å². The third-order valence-electron chi connectivity index (χ3n) is 2.99. The van der Waals surface area contributed by atoms with Crippen molar-refractivity contribution in [3.63, 3.8) is 0 Å². The first kappa shape index (κ1) is 12.7. The second-order valence-corrected chi connectivity index (χ2v) is 4.37. The van der Waals surface area contributed by atoms with Crippen LogP contribution in [0, 0.1) is 0 Å². The van der Waals surface area contributed by atoms with Crippen molar-refractivity contribution in [2.75, 3.05) is 0 Å². The molecule has 0 aliphatic rings. The lowest BCUT2D eigenvalue weighted by Crippen LogP contribution is -2.15. The summed E-state index contributed by atoms with van der Waals surface area (Å²) in [7, 11) is 0. The van der Waals surface area contributed by atoms with Crippen LogP contribution in [0.25, 0.3) is 11.0 Å². The van der Waals surface area contributed by atoms with E-state index in [1.807, 2.05) is 6.07 Å². The molecule has 0 radical (unpaired) electrons. The fourth-order valence-corrected chi connectivity index (χ4v) is 2.11. The minimum Gasteiger partial charge on any atom is -0.315 e. The molecule has 0 atom stereocenters. The molecule has 0 amide bonds. The molecule has 0 aliphatic carbocycles. The smallest absolute Gasteiger partial charge is 0.315 e. The zero-order valence-corrected chi connectivity index (χ0v) is 10.3. The summed E-state index contributed by atoms with van der Waals surface area (Å²) < 4.78 is 40.4.